The van der Waals surface area contributed by atoms with Gasteiger partial charge in [-0.2, -0.15) is 13.2 Å². The summed E-state index contributed by atoms with van der Waals surface area (Å²) in [6.07, 6.45) is -6.16. The molecular formula is C13H13F3O3. The zero-order valence-electron chi connectivity index (χ0n) is 10.2. The summed E-state index contributed by atoms with van der Waals surface area (Å²) in [5.41, 5.74) is -1.57. The number of hydrogen-bond acceptors (Lipinski definition) is 3. The first kappa shape index (κ1) is 15.2. The number of esters is 1. The predicted molar refractivity (Wildman–Crippen MR) is 61.1 cm³/mol. The molecular weight excluding hydrogens is 261 g/mol. The van der Waals surface area contributed by atoms with E-state index in [0.29, 0.717) is 5.56 Å². The van der Waals surface area contributed by atoms with Gasteiger partial charge in [-0.05, 0) is 12.5 Å². The maximum atomic E-state index is 12.3. The number of halogens is 3. The van der Waals surface area contributed by atoms with Gasteiger partial charge in [0.2, 0.25) is 0 Å². The van der Waals surface area contributed by atoms with E-state index < -0.39 is 24.0 Å². The lowest BCUT2D eigenvalue weighted by atomic mass is 9.88. The minimum Gasteiger partial charge on any atom is -0.460 e. The van der Waals surface area contributed by atoms with Gasteiger partial charge in [0.1, 0.15) is 18.3 Å². The van der Waals surface area contributed by atoms with Gasteiger partial charge in [-0.3, -0.25) is 4.79 Å². The number of carbonyl (C=O) groups is 2. The topological polar surface area (TPSA) is 43.4 Å². The van der Waals surface area contributed by atoms with Crippen LogP contribution in [0.3, 0.4) is 0 Å². The highest BCUT2D eigenvalue weighted by molar-refractivity contribution is 5.92. The van der Waals surface area contributed by atoms with E-state index in [1.165, 1.54) is 0 Å². The summed E-state index contributed by atoms with van der Waals surface area (Å²) in [6, 6.07) is 8.49. The summed E-state index contributed by atoms with van der Waals surface area (Å²) in [4.78, 5) is 22.4. The fraction of sp³-hybridized carbons (Fsp3) is 0.385. The average molecular weight is 274 g/mol. The molecule has 1 aromatic carbocycles. The Morgan fingerprint density at radius 3 is 2.32 bits per heavy atom. The number of carbonyl (C=O) groups excluding carboxylic acids is 2. The van der Waals surface area contributed by atoms with Crippen LogP contribution in [-0.4, -0.2) is 18.4 Å². The fourth-order valence-corrected chi connectivity index (χ4v) is 1.47. The maximum Gasteiger partial charge on any atom is 0.390 e. The second kappa shape index (κ2) is 5.86. The Labute approximate surface area is 108 Å². The standard InChI is InChI=1S/C13H13F3O3/c1-12(9-17,8-13(14,15)16)11(18)19-7-10-5-3-2-4-6-10/h2-6,9H,7-8H2,1H3. The lowest BCUT2D eigenvalue weighted by Crippen LogP contribution is -2.36. The largest absolute Gasteiger partial charge is 0.460 e. The normalized spacial score (nSPS) is 14.5. The van der Waals surface area contributed by atoms with Crippen molar-refractivity contribution in [2.24, 2.45) is 5.41 Å². The van der Waals surface area contributed by atoms with Crippen molar-refractivity contribution in [3.05, 3.63) is 35.9 Å². The molecule has 0 fully saturated rings. The van der Waals surface area contributed by atoms with Gasteiger partial charge in [-0.25, -0.2) is 0 Å². The van der Waals surface area contributed by atoms with Gasteiger partial charge in [-0.15, -0.1) is 0 Å². The van der Waals surface area contributed by atoms with Gasteiger partial charge < -0.3 is 9.53 Å². The molecule has 0 amide bonds. The first-order valence-electron chi connectivity index (χ1n) is 5.51. The van der Waals surface area contributed by atoms with Crippen LogP contribution in [0.4, 0.5) is 13.2 Å². The van der Waals surface area contributed by atoms with Crippen molar-refractivity contribution in [3.8, 4) is 0 Å². The Hall–Kier alpha value is -1.85. The zero-order chi connectivity index (χ0) is 14.5. The van der Waals surface area contributed by atoms with Crippen molar-refractivity contribution < 1.29 is 27.5 Å². The van der Waals surface area contributed by atoms with Crippen LogP contribution >= 0.6 is 0 Å². The highest BCUT2D eigenvalue weighted by Gasteiger charge is 2.45. The molecule has 0 heterocycles. The SMILES string of the molecule is CC(C=O)(CC(F)(F)F)C(=O)OCc1ccccc1. The van der Waals surface area contributed by atoms with Gasteiger partial charge in [0, 0.05) is 0 Å². The minimum atomic E-state index is -4.61. The van der Waals surface area contributed by atoms with Gasteiger partial charge >= 0.3 is 12.1 Å². The molecule has 0 aliphatic heterocycles. The molecule has 1 aromatic rings. The van der Waals surface area contributed by atoms with Gasteiger partial charge in [0.05, 0.1) is 6.42 Å². The van der Waals surface area contributed by atoms with Crippen molar-refractivity contribution >= 4 is 12.3 Å². The monoisotopic (exact) mass is 274 g/mol. The molecule has 3 nitrogen and oxygen atoms in total. The van der Waals surface area contributed by atoms with Crippen LogP contribution in [0, 0.1) is 5.41 Å². The number of benzene rings is 1. The molecule has 0 saturated carbocycles. The first-order chi connectivity index (χ1) is 8.77. The minimum absolute atomic E-state index is 0.0200. The maximum absolute atomic E-state index is 12.3. The molecule has 0 radical (unpaired) electrons. The second-order valence-corrected chi connectivity index (χ2v) is 4.39. The van der Waals surface area contributed by atoms with Crippen LogP contribution in [0.15, 0.2) is 30.3 Å². The van der Waals surface area contributed by atoms with E-state index in [2.05, 4.69) is 0 Å². The third-order valence-electron chi connectivity index (χ3n) is 2.51. The Kier molecular flexibility index (Phi) is 4.69. The number of rotatable bonds is 5. The Bertz CT molecular complexity index is 442. The molecule has 0 aliphatic rings. The molecule has 1 rings (SSSR count). The average Bonchev–Trinajstić information content (AvgIpc) is 2.35. The molecule has 0 N–H and O–H groups in total. The van der Waals surface area contributed by atoms with E-state index in [9.17, 15) is 22.8 Å². The van der Waals surface area contributed by atoms with Crippen LogP contribution in [-0.2, 0) is 20.9 Å². The lowest BCUT2D eigenvalue weighted by Gasteiger charge is -2.22. The predicted octanol–water partition coefficient (Wildman–Crippen LogP) is 2.89. The van der Waals surface area contributed by atoms with E-state index in [4.69, 9.17) is 4.74 Å². The van der Waals surface area contributed by atoms with Crippen LogP contribution in [0.25, 0.3) is 0 Å². The number of hydrogen-bond donors (Lipinski definition) is 0. The van der Waals surface area contributed by atoms with E-state index in [-0.39, 0.29) is 12.9 Å². The molecule has 104 valence electrons. The molecule has 1 atom stereocenters. The highest BCUT2D eigenvalue weighted by Crippen LogP contribution is 2.33. The molecule has 0 bridgehead atoms. The Balaban J connectivity index is 2.67. The van der Waals surface area contributed by atoms with Gasteiger partial charge in [0.15, 0.2) is 0 Å². The molecule has 6 heteroatoms. The molecule has 0 aromatic heterocycles. The van der Waals surface area contributed by atoms with E-state index >= 15 is 0 Å². The van der Waals surface area contributed by atoms with Crippen molar-refractivity contribution in [1.29, 1.82) is 0 Å². The number of ether oxygens (including phenoxy) is 1. The summed E-state index contributed by atoms with van der Waals surface area (Å²) >= 11 is 0. The number of aldehydes is 1. The zero-order valence-corrected chi connectivity index (χ0v) is 10.2. The molecule has 19 heavy (non-hydrogen) atoms. The Morgan fingerprint density at radius 1 is 1.26 bits per heavy atom. The highest BCUT2D eigenvalue weighted by atomic mass is 19.4. The van der Waals surface area contributed by atoms with Crippen molar-refractivity contribution in [2.75, 3.05) is 0 Å². The third kappa shape index (κ3) is 4.73. The van der Waals surface area contributed by atoms with Crippen molar-refractivity contribution in [1.82, 2.24) is 0 Å². The first-order valence-corrected chi connectivity index (χ1v) is 5.51. The van der Waals surface area contributed by atoms with Gasteiger partial charge in [0.25, 0.3) is 0 Å². The number of alkyl halides is 3. The smallest absolute Gasteiger partial charge is 0.390 e. The van der Waals surface area contributed by atoms with Gasteiger partial charge in [-0.1, -0.05) is 30.3 Å². The van der Waals surface area contributed by atoms with E-state index in [1.54, 1.807) is 30.3 Å². The van der Waals surface area contributed by atoms with Crippen LogP contribution < -0.4 is 0 Å². The summed E-state index contributed by atoms with van der Waals surface area (Å²) in [5.74, 6) is -1.18. The molecule has 0 aliphatic carbocycles. The molecule has 0 saturated heterocycles. The Morgan fingerprint density at radius 2 is 1.84 bits per heavy atom. The molecule has 1 unspecified atom stereocenters. The van der Waals surface area contributed by atoms with Crippen molar-refractivity contribution in [2.45, 2.75) is 26.1 Å². The summed E-state index contributed by atoms with van der Waals surface area (Å²) in [5, 5.41) is 0. The van der Waals surface area contributed by atoms with Crippen molar-refractivity contribution in [3.63, 3.8) is 0 Å². The lowest BCUT2D eigenvalue weighted by molar-refractivity contribution is -0.181. The summed E-state index contributed by atoms with van der Waals surface area (Å²) < 4.78 is 41.6. The van der Waals surface area contributed by atoms with E-state index in [0.717, 1.165) is 6.92 Å². The third-order valence-corrected chi connectivity index (χ3v) is 2.51. The summed E-state index contributed by atoms with van der Waals surface area (Å²) in [6.45, 7) is 0.752. The van der Waals surface area contributed by atoms with Crippen LogP contribution in [0.2, 0.25) is 0 Å². The van der Waals surface area contributed by atoms with E-state index in [1.807, 2.05) is 0 Å². The quantitative estimate of drug-likeness (QED) is 0.471. The van der Waals surface area contributed by atoms with Crippen LogP contribution in [0.1, 0.15) is 18.9 Å². The second-order valence-electron chi connectivity index (χ2n) is 4.39. The fourth-order valence-electron chi connectivity index (χ4n) is 1.47. The summed E-state index contributed by atoms with van der Waals surface area (Å²) in [7, 11) is 0. The molecule has 0 spiro atoms. The van der Waals surface area contributed by atoms with Crippen LogP contribution in [0.5, 0.6) is 0 Å².